The van der Waals surface area contributed by atoms with E-state index in [0.29, 0.717) is 12.1 Å². The number of aryl methyl sites for hydroxylation is 1. The number of benzene rings is 3. The van der Waals surface area contributed by atoms with Crippen molar-refractivity contribution in [2.24, 2.45) is 5.73 Å². The molecule has 3 nitrogen and oxygen atoms in total. The summed E-state index contributed by atoms with van der Waals surface area (Å²) in [5.74, 6) is -0.705. The van der Waals surface area contributed by atoms with E-state index in [2.05, 4.69) is 10.6 Å². The minimum atomic E-state index is -0.448. The van der Waals surface area contributed by atoms with Gasteiger partial charge >= 0.3 is 0 Å². The van der Waals surface area contributed by atoms with E-state index in [4.69, 9.17) is 5.73 Å². The molecule has 4 rings (SSSR count). The summed E-state index contributed by atoms with van der Waals surface area (Å²) in [5.41, 5.74) is 10.0. The lowest BCUT2D eigenvalue weighted by Crippen LogP contribution is -2.11. The van der Waals surface area contributed by atoms with Gasteiger partial charge < -0.3 is 10.3 Å². The van der Waals surface area contributed by atoms with E-state index in [0.717, 1.165) is 32.9 Å². The fraction of sp³-hybridized carbons (Fsp3) is 0.0952. The standard InChI is InChI=1S/C21H17FN2O/c1-13-8-9-16-19(10-13)24(12-14-4-2-5-15(22)11-14)18-7-3-6-17(20(16)18)21(23)25/h2-11H,12H2,1H3,(H2,23,25). The number of rotatable bonds is 3. The highest BCUT2D eigenvalue weighted by atomic mass is 19.1. The van der Waals surface area contributed by atoms with Crippen molar-refractivity contribution in [1.29, 1.82) is 0 Å². The number of primary amides is 1. The van der Waals surface area contributed by atoms with Gasteiger partial charge in [0, 0.05) is 28.4 Å². The van der Waals surface area contributed by atoms with Gasteiger partial charge in [-0.2, -0.15) is 0 Å². The molecule has 0 radical (unpaired) electrons. The maximum atomic E-state index is 13.6. The van der Waals surface area contributed by atoms with Crippen LogP contribution >= 0.6 is 0 Å². The van der Waals surface area contributed by atoms with Crippen LogP contribution in [0.1, 0.15) is 21.5 Å². The van der Waals surface area contributed by atoms with Crippen LogP contribution in [0.3, 0.4) is 0 Å². The van der Waals surface area contributed by atoms with Crippen molar-refractivity contribution in [3.8, 4) is 0 Å². The van der Waals surface area contributed by atoms with Gasteiger partial charge in [0.05, 0.1) is 5.52 Å². The molecule has 3 aromatic carbocycles. The molecule has 124 valence electrons. The number of carbonyl (C=O) groups excluding carboxylic acids is 1. The molecular weight excluding hydrogens is 315 g/mol. The van der Waals surface area contributed by atoms with Gasteiger partial charge in [-0.05, 0) is 48.4 Å². The fourth-order valence-electron chi connectivity index (χ4n) is 3.45. The highest BCUT2D eigenvalue weighted by molar-refractivity contribution is 6.17. The summed E-state index contributed by atoms with van der Waals surface area (Å²) >= 11 is 0. The Morgan fingerprint density at radius 3 is 2.60 bits per heavy atom. The first kappa shape index (κ1) is 15.4. The zero-order valence-corrected chi connectivity index (χ0v) is 13.8. The Morgan fingerprint density at radius 1 is 1.04 bits per heavy atom. The first-order valence-corrected chi connectivity index (χ1v) is 8.10. The largest absolute Gasteiger partial charge is 0.366 e. The van der Waals surface area contributed by atoms with Crippen LogP contribution in [-0.4, -0.2) is 10.5 Å². The number of hydrogen-bond donors (Lipinski definition) is 1. The van der Waals surface area contributed by atoms with E-state index in [1.54, 1.807) is 12.1 Å². The second-order valence-electron chi connectivity index (χ2n) is 6.30. The van der Waals surface area contributed by atoms with E-state index in [9.17, 15) is 9.18 Å². The lowest BCUT2D eigenvalue weighted by molar-refractivity contribution is 0.100. The number of halogens is 1. The van der Waals surface area contributed by atoms with Crippen LogP contribution in [0, 0.1) is 12.7 Å². The first-order chi connectivity index (χ1) is 12.0. The summed E-state index contributed by atoms with van der Waals surface area (Å²) in [7, 11) is 0. The van der Waals surface area contributed by atoms with Gasteiger partial charge in [0.25, 0.3) is 0 Å². The Labute approximate surface area is 144 Å². The van der Waals surface area contributed by atoms with Crippen LogP contribution < -0.4 is 5.73 Å². The Bertz CT molecular complexity index is 1130. The Kier molecular flexibility index (Phi) is 3.53. The lowest BCUT2D eigenvalue weighted by Gasteiger charge is -2.08. The minimum absolute atomic E-state index is 0.257. The van der Waals surface area contributed by atoms with Gasteiger partial charge in [-0.15, -0.1) is 0 Å². The van der Waals surface area contributed by atoms with Crippen molar-refractivity contribution in [3.63, 3.8) is 0 Å². The molecule has 1 aromatic heterocycles. The summed E-state index contributed by atoms with van der Waals surface area (Å²) in [6.45, 7) is 2.54. The Morgan fingerprint density at radius 2 is 1.84 bits per heavy atom. The van der Waals surface area contributed by atoms with Crippen LogP contribution in [0.2, 0.25) is 0 Å². The maximum absolute atomic E-state index is 13.6. The lowest BCUT2D eigenvalue weighted by atomic mass is 10.1. The molecule has 1 amide bonds. The topological polar surface area (TPSA) is 48.0 Å². The molecule has 0 spiro atoms. The van der Waals surface area contributed by atoms with Crippen LogP contribution in [-0.2, 0) is 6.54 Å². The van der Waals surface area contributed by atoms with Crippen LogP contribution in [0.4, 0.5) is 4.39 Å². The summed E-state index contributed by atoms with van der Waals surface area (Å²) < 4.78 is 15.7. The fourth-order valence-corrected chi connectivity index (χ4v) is 3.45. The van der Waals surface area contributed by atoms with Gasteiger partial charge in [0.1, 0.15) is 5.82 Å². The molecule has 0 fully saturated rings. The normalized spacial score (nSPS) is 11.3. The molecule has 0 saturated carbocycles. The summed E-state index contributed by atoms with van der Waals surface area (Å²) in [5, 5.41) is 1.83. The highest BCUT2D eigenvalue weighted by Gasteiger charge is 2.16. The van der Waals surface area contributed by atoms with Gasteiger partial charge in [0.15, 0.2) is 0 Å². The first-order valence-electron chi connectivity index (χ1n) is 8.10. The summed E-state index contributed by atoms with van der Waals surface area (Å²) in [6, 6.07) is 18.2. The Balaban J connectivity index is 2.06. The van der Waals surface area contributed by atoms with Gasteiger partial charge in [-0.1, -0.05) is 30.3 Å². The molecule has 1 heterocycles. The third-order valence-corrected chi connectivity index (χ3v) is 4.54. The minimum Gasteiger partial charge on any atom is -0.366 e. The molecule has 4 aromatic rings. The molecule has 0 unspecified atom stereocenters. The third kappa shape index (κ3) is 2.56. The molecule has 2 N–H and O–H groups in total. The van der Waals surface area contributed by atoms with E-state index < -0.39 is 5.91 Å². The third-order valence-electron chi connectivity index (χ3n) is 4.54. The second-order valence-corrected chi connectivity index (χ2v) is 6.30. The number of fused-ring (bicyclic) bond motifs is 3. The SMILES string of the molecule is Cc1ccc2c3c(C(N)=O)cccc3n(Cc3cccc(F)c3)c2c1. The number of amides is 1. The van der Waals surface area contributed by atoms with E-state index in [1.165, 1.54) is 12.1 Å². The second kappa shape index (κ2) is 5.74. The van der Waals surface area contributed by atoms with Crippen molar-refractivity contribution < 1.29 is 9.18 Å². The molecule has 0 aliphatic rings. The number of nitrogens with two attached hydrogens (primary N) is 1. The van der Waals surface area contributed by atoms with E-state index in [-0.39, 0.29) is 5.82 Å². The highest BCUT2D eigenvalue weighted by Crippen LogP contribution is 2.32. The number of hydrogen-bond acceptors (Lipinski definition) is 1. The molecule has 4 heteroatoms. The maximum Gasteiger partial charge on any atom is 0.249 e. The number of aromatic nitrogens is 1. The van der Waals surface area contributed by atoms with Crippen molar-refractivity contribution in [3.05, 3.63) is 83.2 Å². The summed E-state index contributed by atoms with van der Waals surface area (Å²) in [4.78, 5) is 11.9. The molecule has 0 bridgehead atoms. The molecule has 0 atom stereocenters. The zero-order valence-electron chi connectivity index (χ0n) is 13.8. The Hall–Kier alpha value is -3.14. The smallest absolute Gasteiger partial charge is 0.249 e. The molecular formula is C21H17FN2O. The number of nitrogens with zero attached hydrogens (tertiary/aromatic N) is 1. The molecule has 0 saturated heterocycles. The zero-order chi connectivity index (χ0) is 17.6. The van der Waals surface area contributed by atoms with Gasteiger partial charge in [0.2, 0.25) is 5.91 Å². The average molecular weight is 332 g/mol. The van der Waals surface area contributed by atoms with Crippen LogP contribution in [0.15, 0.2) is 60.7 Å². The molecule has 0 aliphatic heterocycles. The van der Waals surface area contributed by atoms with E-state index >= 15 is 0 Å². The predicted octanol–water partition coefficient (Wildman–Crippen LogP) is 4.39. The summed E-state index contributed by atoms with van der Waals surface area (Å²) in [6.07, 6.45) is 0. The van der Waals surface area contributed by atoms with Gasteiger partial charge in [-0.3, -0.25) is 4.79 Å². The average Bonchev–Trinajstić information content (AvgIpc) is 2.88. The van der Waals surface area contributed by atoms with Crippen molar-refractivity contribution in [1.82, 2.24) is 4.57 Å². The van der Waals surface area contributed by atoms with Crippen molar-refractivity contribution in [2.45, 2.75) is 13.5 Å². The van der Waals surface area contributed by atoms with Gasteiger partial charge in [-0.25, -0.2) is 4.39 Å². The number of carbonyl (C=O) groups is 1. The monoisotopic (exact) mass is 332 g/mol. The van der Waals surface area contributed by atoms with Crippen LogP contribution in [0.5, 0.6) is 0 Å². The molecule has 0 aliphatic carbocycles. The quantitative estimate of drug-likeness (QED) is 0.594. The van der Waals surface area contributed by atoms with Crippen LogP contribution in [0.25, 0.3) is 21.8 Å². The van der Waals surface area contributed by atoms with E-state index in [1.807, 2.05) is 37.3 Å². The molecule has 25 heavy (non-hydrogen) atoms. The predicted molar refractivity (Wildman–Crippen MR) is 98.2 cm³/mol. The van der Waals surface area contributed by atoms with Crippen molar-refractivity contribution in [2.75, 3.05) is 0 Å². The van der Waals surface area contributed by atoms with Crippen molar-refractivity contribution >= 4 is 27.7 Å².